The molecule has 6 rings (SSSR count). The van der Waals surface area contributed by atoms with Crippen LogP contribution in [0.25, 0.3) is 0 Å². The number of rotatable bonds is 3. The summed E-state index contributed by atoms with van der Waals surface area (Å²) in [5.74, 6) is 1.90. The van der Waals surface area contributed by atoms with Gasteiger partial charge in [0.1, 0.15) is 6.10 Å². The third-order valence-electron chi connectivity index (χ3n) is 14.3. The Kier molecular flexibility index (Phi) is 6.00. The van der Waals surface area contributed by atoms with Gasteiger partial charge in [0.25, 0.3) is 0 Å². The van der Waals surface area contributed by atoms with Crippen LogP contribution in [-0.4, -0.2) is 53.9 Å². The van der Waals surface area contributed by atoms with E-state index >= 15 is 0 Å². The highest BCUT2D eigenvalue weighted by atomic mass is 16.6. The van der Waals surface area contributed by atoms with Crippen molar-refractivity contribution in [3.8, 4) is 0 Å². The average molecular weight is 532 g/mol. The van der Waals surface area contributed by atoms with E-state index in [1.165, 1.54) is 19.3 Å². The number of alkyl carbamates (subject to hydrolysis) is 1. The van der Waals surface area contributed by atoms with Gasteiger partial charge in [0.15, 0.2) is 0 Å². The fraction of sp³-hybridized carbons (Fsp3) is 0.969. The Balaban J connectivity index is 1.33. The molecule has 6 aliphatic rings. The minimum Gasteiger partial charge on any atom is -0.443 e. The molecule has 6 fully saturated rings. The molecule has 1 amide bonds. The molecular formula is C32H53NO5. The van der Waals surface area contributed by atoms with Gasteiger partial charge in [0, 0.05) is 12.5 Å². The second-order valence-electron chi connectivity index (χ2n) is 15.9. The Labute approximate surface area is 230 Å². The lowest BCUT2D eigenvalue weighted by molar-refractivity contribution is -0.184. The molecule has 0 bridgehead atoms. The van der Waals surface area contributed by atoms with Gasteiger partial charge in [-0.05, 0) is 103 Å². The zero-order valence-electron chi connectivity index (χ0n) is 25.0. The van der Waals surface area contributed by atoms with Crippen molar-refractivity contribution in [2.24, 2.45) is 56.7 Å². The molecule has 3 N–H and O–H groups in total. The van der Waals surface area contributed by atoms with Crippen molar-refractivity contribution in [1.29, 1.82) is 0 Å². The molecule has 0 radical (unpaired) electrons. The number of carbonyl (C=O) groups excluding carboxylic acids is 1. The van der Waals surface area contributed by atoms with Crippen LogP contribution in [0.2, 0.25) is 0 Å². The van der Waals surface area contributed by atoms with Crippen molar-refractivity contribution < 1.29 is 24.5 Å². The van der Waals surface area contributed by atoms with Crippen LogP contribution in [0.15, 0.2) is 0 Å². The maximum atomic E-state index is 12.4. The first kappa shape index (κ1) is 27.3. The van der Waals surface area contributed by atoms with Crippen LogP contribution >= 0.6 is 0 Å². The van der Waals surface area contributed by atoms with E-state index in [9.17, 15) is 15.0 Å². The number of nitrogens with one attached hydrogen (secondary N) is 1. The van der Waals surface area contributed by atoms with Gasteiger partial charge in [-0.3, -0.25) is 0 Å². The van der Waals surface area contributed by atoms with Crippen molar-refractivity contribution in [2.75, 3.05) is 7.05 Å². The fourth-order valence-corrected chi connectivity index (χ4v) is 12.4. The maximum Gasteiger partial charge on any atom is 0.407 e. The van der Waals surface area contributed by atoms with Gasteiger partial charge in [0.2, 0.25) is 0 Å². The monoisotopic (exact) mass is 531 g/mol. The van der Waals surface area contributed by atoms with Crippen LogP contribution in [0.3, 0.4) is 0 Å². The summed E-state index contributed by atoms with van der Waals surface area (Å²) in [5, 5.41) is 25.9. The molecule has 2 spiro atoms. The molecule has 13 atom stereocenters. The highest BCUT2D eigenvalue weighted by Crippen LogP contribution is 2.89. The number of fused-ring (bicyclic) bond motifs is 4. The van der Waals surface area contributed by atoms with Crippen molar-refractivity contribution >= 4 is 6.09 Å². The van der Waals surface area contributed by atoms with Crippen LogP contribution in [0.4, 0.5) is 4.79 Å². The van der Waals surface area contributed by atoms with Crippen molar-refractivity contribution in [2.45, 2.75) is 130 Å². The lowest BCUT2D eigenvalue weighted by atomic mass is 9.41. The Morgan fingerprint density at radius 1 is 1.00 bits per heavy atom. The van der Waals surface area contributed by atoms with E-state index in [-0.39, 0.29) is 46.6 Å². The number of hydrogen-bond acceptors (Lipinski definition) is 5. The molecule has 1 saturated heterocycles. The van der Waals surface area contributed by atoms with E-state index in [2.05, 4.69) is 53.8 Å². The van der Waals surface area contributed by atoms with Crippen LogP contribution in [-0.2, 0) is 9.47 Å². The van der Waals surface area contributed by atoms with Crippen LogP contribution in [0, 0.1) is 56.7 Å². The topological polar surface area (TPSA) is 88.0 Å². The lowest BCUT2D eigenvalue weighted by Crippen LogP contribution is -2.59. The summed E-state index contributed by atoms with van der Waals surface area (Å²) < 4.78 is 12.7. The Bertz CT molecular complexity index is 983. The zero-order valence-corrected chi connectivity index (χ0v) is 25.0. The Morgan fingerprint density at radius 3 is 2.32 bits per heavy atom. The zero-order chi connectivity index (χ0) is 27.6. The van der Waals surface area contributed by atoms with Gasteiger partial charge in [0.05, 0.1) is 24.4 Å². The normalized spacial score (nSPS) is 55.0. The van der Waals surface area contributed by atoms with Gasteiger partial charge in [-0.1, -0.05) is 48.5 Å². The largest absolute Gasteiger partial charge is 0.443 e. The molecule has 0 aromatic heterocycles. The Morgan fingerprint density at radius 2 is 1.66 bits per heavy atom. The molecule has 8 unspecified atom stereocenters. The van der Waals surface area contributed by atoms with E-state index in [0.717, 1.165) is 32.1 Å². The van der Waals surface area contributed by atoms with Crippen molar-refractivity contribution in [3.05, 3.63) is 0 Å². The first-order valence-electron chi connectivity index (χ1n) is 15.6. The molecule has 0 aromatic carbocycles. The summed E-state index contributed by atoms with van der Waals surface area (Å²) in [6, 6.07) is 0. The molecule has 38 heavy (non-hydrogen) atoms. The Hall–Kier alpha value is -0.850. The van der Waals surface area contributed by atoms with Crippen LogP contribution in [0.5, 0.6) is 0 Å². The number of carbonyl (C=O) groups is 1. The predicted molar refractivity (Wildman–Crippen MR) is 146 cm³/mol. The third-order valence-corrected chi connectivity index (χ3v) is 14.3. The van der Waals surface area contributed by atoms with Crippen LogP contribution in [0.1, 0.15) is 99.8 Å². The summed E-state index contributed by atoms with van der Waals surface area (Å²) >= 11 is 0. The fourth-order valence-electron chi connectivity index (χ4n) is 12.4. The summed E-state index contributed by atoms with van der Waals surface area (Å²) in [6.07, 6.45) is 7.03. The average Bonchev–Trinajstić information content (AvgIpc) is 3.49. The molecule has 5 saturated carbocycles. The minimum absolute atomic E-state index is 0.0205. The van der Waals surface area contributed by atoms with Gasteiger partial charge in [-0.2, -0.15) is 0 Å². The maximum absolute atomic E-state index is 12.4. The molecule has 5 aliphatic carbocycles. The van der Waals surface area contributed by atoms with E-state index in [4.69, 9.17) is 9.47 Å². The quantitative estimate of drug-likeness (QED) is 0.445. The highest BCUT2D eigenvalue weighted by molar-refractivity contribution is 5.66. The summed E-state index contributed by atoms with van der Waals surface area (Å²) in [7, 11) is 1.59. The van der Waals surface area contributed by atoms with Crippen molar-refractivity contribution in [3.63, 3.8) is 0 Å². The molecule has 6 heteroatoms. The smallest absolute Gasteiger partial charge is 0.407 e. The predicted octanol–water partition coefficient (Wildman–Crippen LogP) is 5.54. The molecule has 6 nitrogen and oxygen atoms in total. The lowest BCUT2D eigenvalue weighted by Gasteiger charge is -2.63. The number of hydrogen-bond donors (Lipinski definition) is 3. The molecular weight excluding hydrogens is 478 g/mol. The SMILES string of the molecule is CNC(=O)OC(C(C)C)C1C[C@@H](C)[C@H]2C(O1)[C@H](O)[C@@]1(C)C3CC[C@H]4C(C)(C)C(O)CCC45CC35CCC21C. The van der Waals surface area contributed by atoms with Crippen molar-refractivity contribution in [1.82, 2.24) is 5.32 Å². The molecule has 216 valence electrons. The van der Waals surface area contributed by atoms with Gasteiger partial charge >= 0.3 is 6.09 Å². The minimum atomic E-state index is -0.519. The van der Waals surface area contributed by atoms with Gasteiger partial charge in [-0.25, -0.2) is 4.79 Å². The third kappa shape index (κ3) is 3.09. The van der Waals surface area contributed by atoms with E-state index in [1.807, 2.05) is 0 Å². The summed E-state index contributed by atoms with van der Waals surface area (Å²) in [5.41, 5.74) is 0.440. The number of amides is 1. The second kappa shape index (κ2) is 8.35. The van der Waals surface area contributed by atoms with E-state index in [0.29, 0.717) is 34.5 Å². The van der Waals surface area contributed by atoms with Gasteiger partial charge < -0.3 is 25.0 Å². The molecule has 1 heterocycles. The van der Waals surface area contributed by atoms with Gasteiger partial charge in [-0.15, -0.1) is 0 Å². The first-order chi connectivity index (χ1) is 17.7. The second-order valence-corrected chi connectivity index (χ2v) is 15.9. The van der Waals surface area contributed by atoms with E-state index < -0.39 is 12.2 Å². The molecule has 0 aromatic rings. The number of aliphatic hydroxyl groups is 2. The number of aliphatic hydroxyl groups excluding tert-OH is 2. The first-order valence-corrected chi connectivity index (χ1v) is 15.6. The highest BCUT2D eigenvalue weighted by Gasteiger charge is 2.84. The molecule has 1 aliphatic heterocycles. The number of ether oxygens (including phenoxy) is 2. The summed E-state index contributed by atoms with van der Waals surface area (Å²) in [4.78, 5) is 12.2. The van der Waals surface area contributed by atoms with Crippen LogP contribution < -0.4 is 5.32 Å². The summed E-state index contributed by atoms with van der Waals surface area (Å²) in [6.45, 7) is 16.0. The standard InChI is InChI=1S/C32H53NO5/c1-17(2)24(38-27(36)33-8)19-15-18(3)23-25(37-19)26(35)30(7)21-10-9-20-28(4,5)22(34)11-12-31(20)16-32(21,31)14-13-29(23,30)6/h17-26,34-35H,9-16H2,1-8H3,(H,33,36)/t18-,19?,20+,21?,22?,23+,24?,25?,26+,29?,30-,31?,32?/m1/s1. The van der Waals surface area contributed by atoms with E-state index in [1.54, 1.807) is 7.05 Å².